The summed E-state index contributed by atoms with van der Waals surface area (Å²) >= 11 is 11.7. The standard InChI is InChI=1S/C14H10Cl2N2O3/c15-9-3-8(4-10(16)6-9)13(19)18-12-2-1-7(14(20)21)5-11(12)17/h1-6H,17H2,(H,18,19)(H,20,21). The minimum absolute atomic E-state index is 0.0382. The van der Waals surface area contributed by atoms with Crippen molar-refractivity contribution in [1.82, 2.24) is 0 Å². The van der Waals surface area contributed by atoms with E-state index in [4.69, 9.17) is 34.0 Å². The van der Waals surface area contributed by atoms with Crippen LogP contribution in [0.25, 0.3) is 0 Å². The molecule has 2 aromatic carbocycles. The van der Waals surface area contributed by atoms with Crippen LogP contribution in [0, 0.1) is 0 Å². The number of benzene rings is 2. The molecule has 108 valence electrons. The van der Waals surface area contributed by atoms with Gasteiger partial charge in [0.1, 0.15) is 0 Å². The first kappa shape index (κ1) is 15.2. The molecule has 0 aromatic heterocycles. The fourth-order valence-corrected chi connectivity index (χ4v) is 2.22. The van der Waals surface area contributed by atoms with E-state index in [0.717, 1.165) is 0 Å². The Hall–Kier alpha value is -2.24. The van der Waals surface area contributed by atoms with E-state index in [2.05, 4.69) is 5.32 Å². The van der Waals surface area contributed by atoms with Crippen molar-refractivity contribution in [1.29, 1.82) is 0 Å². The number of halogens is 2. The number of aromatic carboxylic acids is 1. The van der Waals surface area contributed by atoms with Crippen LogP contribution < -0.4 is 11.1 Å². The number of anilines is 2. The van der Waals surface area contributed by atoms with Gasteiger partial charge in [0.05, 0.1) is 16.9 Å². The van der Waals surface area contributed by atoms with Gasteiger partial charge >= 0.3 is 5.97 Å². The number of amides is 1. The molecule has 0 bridgehead atoms. The summed E-state index contributed by atoms with van der Waals surface area (Å²) in [6.07, 6.45) is 0. The molecule has 5 nitrogen and oxygen atoms in total. The molecule has 0 aliphatic rings. The summed E-state index contributed by atoms with van der Waals surface area (Å²) in [6.45, 7) is 0. The van der Waals surface area contributed by atoms with Crippen LogP contribution in [0.2, 0.25) is 10.0 Å². The van der Waals surface area contributed by atoms with Crippen molar-refractivity contribution in [2.24, 2.45) is 0 Å². The maximum atomic E-state index is 12.1. The Labute approximate surface area is 130 Å². The van der Waals surface area contributed by atoms with Gasteiger partial charge in [-0.3, -0.25) is 4.79 Å². The average Bonchev–Trinajstić information content (AvgIpc) is 2.39. The molecule has 2 aromatic rings. The van der Waals surface area contributed by atoms with Crippen LogP contribution in [-0.2, 0) is 0 Å². The third-order valence-electron chi connectivity index (χ3n) is 2.67. The lowest BCUT2D eigenvalue weighted by molar-refractivity contribution is 0.0697. The van der Waals surface area contributed by atoms with Crippen molar-refractivity contribution in [3.63, 3.8) is 0 Å². The molecule has 0 fully saturated rings. The minimum atomic E-state index is -1.10. The lowest BCUT2D eigenvalue weighted by atomic mass is 10.1. The first-order chi connectivity index (χ1) is 9.86. The first-order valence-corrected chi connectivity index (χ1v) is 6.52. The summed E-state index contributed by atoms with van der Waals surface area (Å²) in [7, 11) is 0. The number of nitrogens with two attached hydrogens (primary N) is 1. The van der Waals surface area contributed by atoms with Crippen LogP contribution in [0.4, 0.5) is 11.4 Å². The molecule has 2 rings (SSSR count). The Morgan fingerprint density at radius 1 is 1.00 bits per heavy atom. The fourth-order valence-electron chi connectivity index (χ4n) is 1.69. The lowest BCUT2D eigenvalue weighted by Gasteiger charge is -2.09. The SMILES string of the molecule is Nc1cc(C(=O)O)ccc1NC(=O)c1cc(Cl)cc(Cl)c1. The van der Waals surface area contributed by atoms with Gasteiger partial charge in [0.25, 0.3) is 5.91 Å². The van der Waals surface area contributed by atoms with Gasteiger partial charge in [0, 0.05) is 15.6 Å². The molecule has 0 unspecified atom stereocenters. The Balaban J connectivity index is 2.25. The number of carboxylic acids is 1. The second kappa shape index (κ2) is 6.03. The monoisotopic (exact) mass is 324 g/mol. The zero-order valence-electron chi connectivity index (χ0n) is 10.6. The van der Waals surface area contributed by atoms with Crippen molar-refractivity contribution < 1.29 is 14.7 Å². The Kier molecular flexibility index (Phi) is 4.35. The Bertz CT molecular complexity index is 712. The molecule has 0 radical (unpaired) electrons. The number of carbonyl (C=O) groups is 2. The predicted octanol–water partition coefficient (Wildman–Crippen LogP) is 3.53. The molecule has 0 spiro atoms. The van der Waals surface area contributed by atoms with Gasteiger partial charge in [-0.25, -0.2) is 4.79 Å². The normalized spacial score (nSPS) is 10.2. The van der Waals surface area contributed by atoms with Gasteiger partial charge in [-0.2, -0.15) is 0 Å². The molecule has 0 aliphatic carbocycles. The molecule has 0 saturated carbocycles. The topological polar surface area (TPSA) is 92.4 Å². The summed E-state index contributed by atoms with van der Waals surface area (Å²) in [5, 5.41) is 12.1. The summed E-state index contributed by atoms with van der Waals surface area (Å²) in [5.74, 6) is -1.55. The second-order valence-corrected chi connectivity index (χ2v) is 5.09. The fraction of sp³-hybridized carbons (Fsp3) is 0. The van der Waals surface area contributed by atoms with E-state index in [-0.39, 0.29) is 16.8 Å². The number of carbonyl (C=O) groups excluding carboxylic acids is 1. The van der Waals surface area contributed by atoms with E-state index < -0.39 is 11.9 Å². The molecule has 0 atom stereocenters. The largest absolute Gasteiger partial charge is 0.478 e. The molecule has 7 heteroatoms. The molecule has 4 N–H and O–H groups in total. The van der Waals surface area contributed by atoms with Gasteiger partial charge < -0.3 is 16.2 Å². The van der Waals surface area contributed by atoms with E-state index >= 15 is 0 Å². The molecule has 0 saturated heterocycles. The summed E-state index contributed by atoms with van der Waals surface area (Å²) in [5.41, 5.74) is 6.48. The summed E-state index contributed by atoms with van der Waals surface area (Å²) < 4.78 is 0. The van der Waals surface area contributed by atoms with Crippen molar-refractivity contribution in [2.45, 2.75) is 0 Å². The number of nitrogens with one attached hydrogen (secondary N) is 1. The van der Waals surface area contributed by atoms with Crippen LogP contribution in [0.1, 0.15) is 20.7 Å². The van der Waals surface area contributed by atoms with Gasteiger partial charge in [0.2, 0.25) is 0 Å². The number of hydrogen-bond acceptors (Lipinski definition) is 3. The highest BCUT2D eigenvalue weighted by atomic mass is 35.5. The number of hydrogen-bond donors (Lipinski definition) is 3. The van der Waals surface area contributed by atoms with E-state index in [1.807, 2.05) is 0 Å². The van der Waals surface area contributed by atoms with Crippen molar-refractivity contribution in [3.8, 4) is 0 Å². The van der Waals surface area contributed by atoms with E-state index in [1.54, 1.807) is 0 Å². The zero-order valence-corrected chi connectivity index (χ0v) is 12.1. The smallest absolute Gasteiger partial charge is 0.335 e. The van der Waals surface area contributed by atoms with Crippen LogP contribution in [0.3, 0.4) is 0 Å². The number of nitrogen functional groups attached to an aromatic ring is 1. The highest BCUT2D eigenvalue weighted by Gasteiger charge is 2.11. The van der Waals surface area contributed by atoms with Gasteiger partial charge in [-0.15, -0.1) is 0 Å². The van der Waals surface area contributed by atoms with E-state index in [0.29, 0.717) is 15.7 Å². The van der Waals surface area contributed by atoms with Gasteiger partial charge in [0.15, 0.2) is 0 Å². The third-order valence-corrected chi connectivity index (χ3v) is 3.11. The predicted molar refractivity (Wildman–Crippen MR) is 82.2 cm³/mol. The third kappa shape index (κ3) is 3.65. The van der Waals surface area contributed by atoms with Crippen molar-refractivity contribution in [3.05, 3.63) is 57.6 Å². The molecule has 21 heavy (non-hydrogen) atoms. The highest BCUT2D eigenvalue weighted by Crippen LogP contribution is 2.23. The zero-order chi connectivity index (χ0) is 15.6. The van der Waals surface area contributed by atoms with Crippen LogP contribution >= 0.6 is 23.2 Å². The maximum Gasteiger partial charge on any atom is 0.335 e. The Morgan fingerprint density at radius 3 is 2.14 bits per heavy atom. The van der Waals surface area contributed by atoms with Crippen LogP contribution in [-0.4, -0.2) is 17.0 Å². The molecular formula is C14H10Cl2N2O3. The van der Waals surface area contributed by atoms with Crippen molar-refractivity contribution in [2.75, 3.05) is 11.1 Å². The van der Waals surface area contributed by atoms with E-state index in [9.17, 15) is 9.59 Å². The summed E-state index contributed by atoms with van der Waals surface area (Å²) in [6, 6.07) is 8.47. The van der Waals surface area contributed by atoms with Gasteiger partial charge in [-0.05, 0) is 36.4 Å². The number of carboxylic acid groups (broad SMARTS) is 1. The quantitative estimate of drug-likeness (QED) is 0.753. The number of rotatable bonds is 3. The van der Waals surface area contributed by atoms with Crippen LogP contribution in [0.5, 0.6) is 0 Å². The first-order valence-electron chi connectivity index (χ1n) is 5.77. The molecule has 0 aliphatic heterocycles. The highest BCUT2D eigenvalue weighted by molar-refractivity contribution is 6.35. The second-order valence-electron chi connectivity index (χ2n) is 4.22. The summed E-state index contributed by atoms with van der Waals surface area (Å²) in [4.78, 5) is 22.9. The Morgan fingerprint density at radius 2 is 1.62 bits per heavy atom. The molecular weight excluding hydrogens is 315 g/mol. The van der Waals surface area contributed by atoms with E-state index in [1.165, 1.54) is 36.4 Å². The minimum Gasteiger partial charge on any atom is -0.478 e. The van der Waals surface area contributed by atoms with Crippen LogP contribution in [0.15, 0.2) is 36.4 Å². The molecule has 1 amide bonds. The van der Waals surface area contributed by atoms with Crippen molar-refractivity contribution >= 4 is 46.5 Å². The average molecular weight is 325 g/mol. The molecule has 0 heterocycles. The maximum absolute atomic E-state index is 12.1. The lowest BCUT2D eigenvalue weighted by Crippen LogP contribution is -2.13. The van der Waals surface area contributed by atoms with Gasteiger partial charge in [-0.1, -0.05) is 23.2 Å².